The van der Waals surface area contributed by atoms with Gasteiger partial charge < -0.3 is 14.5 Å². The van der Waals surface area contributed by atoms with Crippen LogP contribution < -0.4 is 10.9 Å². The number of hydrogen-bond acceptors (Lipinski definition) is 5. The highest BCUT2D eigenvalue weighted by Gasteiger charge is 2.23. The predicted octanol–water partition coefficient (Wildman–Crippen LogP) is 2.63. The van der Waals surface area contributed by atoms with Gasteiger partial charge in [0.2, 0.25) is 0 Å². The molecular weight excluding hydrogens is 315 g/mol. The predicted molar refractivity (Wildman–Crippen MR) is 84.7 cm³/mol. The van der Waals surface area contributed by atoms with Crippen LogP contribution in [-0.4, -0.2) is 24.1 Å². The molecule has 6 nitrogen and oxygen atoms in total. The molecule has 1 aliphatic rings. The monoisotopic (exact) mass is 332 g/mol. The molecule has 2 aromatic rings. The first-order valence-corrected chi connectivity index (χ1v) is 7.70. The van der Waals surface area contributed by atoms with Gasteiger partial charge in [-0.2, -0.15) is 0 Å². The van der Waals surface area contributed by atoms with Crippen molar-refractivity contribution in [1.82, 2.24) is 4.98 Å². The largest absolute Gasteiger partial charge is 0.427 e. The Morgan fingerprint density at radius 2 is 2.08 bits per heavy atom. The topological polar surface area (TPSA) is 81.4 Å². The molecule has 2 aromatic heterocycles. The van der Waals surface area contributed by atoms with Crippen LogP contribution in [0.15, 0.2) is 33.6 Å². The fourth-order valence-corrected chi connectivity index (χ4v) is 2.72. The molecule has 3 heterocycles. The Morgan fingerprint density at radius 3 is 2.71 bits per heavy atom. The molecule has 0 spiro atoms. The number of amides is 1. The van der Waals surface area contributed by atoms with Crippen molar-refractivity contribution in [2.75, 3.05) is 18.5 Å². The van der Waals surface area contributed by atoms with Gasteiger partial charge in [-0.1, -0.05) is 0 Å². The third-order valence-corrected chi connectivity index (χ3v) is 3.99. The molecule has 1 N–H and O–H groups in total. The highest BCUT2D eigenvalue weighted by molar-refractivity contribution is 6.04. The summed E-state index contributed by atoms with van der Waals surface area (Å²) in [5.41, 5.74) is -0.222. The Labute approximate surface area is 137 Å². The van der Waals surface area contributed by atoms with Crippen LogP contribution in [0, 0.1) is 12.7 Å². The van der Waals surface area contributed by atoms with Crippen molar-refractivity contribution in [3.8, 4) is 0 Å². The average molecular weight is 332 g/mol. The Balaban J connectivity index is 1.83. The summed E-state index contributed by atoms with van der Waals surface area (Å²) >= 11 is 0. The molecule has 3 rings (SSSR count). The molecule has 0 aromatic carbocycles. The number of hydrogen-bond donors (Lipinski definition) is 1. The highest BCUT2D eigenvalue weighted by atomic mass is 19.1. The average Bonchev–Trinajstić information content (AvgIpc) is 2.57. The zero-order valence-corrected chi connectivity index (χ0v) is 13.2. The maximum atomic E-state index is 12.8. The quantitative estimate of drug-likeness (QED) is 0.934. The van der Waals surface area contributed by atoms with E-state index in [4.69, 9.17) is 9.15 Å². The maximum Gasteiger partial charge on any atom is 0.349 e. The number of pyridine rings is 1. The minimum atomic E-state index is -0.684. The number of nitrogens with one attached hydrogen (secondary N) is 1. The molecule has 0 aliphatic carbocycles. The second kappa shape index (κ2) is 6.92. The van der Waals surface area contributed by atoms with Gasteiger partial charge in [0.1, 0.15) is 23.0 Å². The van der Waals surface area contributed by atoms with Gasteiger partial charge >= 0.3 is 5.63 Å². The van der Waals surface area contributed by atoms with Gasteiger partial charge in [-0.05, 0) is 43.5 Å². The van der Waals surface area contributed by atoms with Crippen LogP contribution in [-0.2, 0) is 4.74 Å². The zero-order chi connectivity index (χ0) is 17.1. The van der Waals surface area contributed by atoms with Crippen molar-refractivity contribution in [2.45, 2.75) is 25.7 Å². The van der Waals surface area contributed by atoms with E-state index in [1.807, 2.05) is 0 Å². The van der Waals surface area contributed by atoms with Crippen molar-refractivity contribution in [2.24, 2.45) is 0 Å². The SMILES string of the molecule is Cc1cc(C2CCOCC2)oc(=O)c1C(=O)Nc1ccc(F)cn1. The fraction of sp³-hybridized carbons (Fsp3) is 0.353. The molecule has 7 heteroatoms. The van der Waals surface area contributed by atoms with E-state index >= 15 is 0 Å². The van der Waals surface area contributed by atoms with Crippen molar-refractivity contribution in [3.63, 3.8) is 0 Å². The van der Waals surface area contributed by atoms with E-state index in [1.165, 1.54) is 12.1 Å². The lowest BCUT2D eigenvalue weighted by Crippen LogP contribution is -2.24. The van der Waals surface area contributed by atoms with E-state index < -0.39 is 17.3 Å². The lowest BCUT2D eigenvalue weighted by atomic mass is 9.95. The second-order valence-electron chi connectivity index (χ2n) is 5.70. The Morgan fingerprint density at radius 1 is 1.33 bits per heavy atom. The summed E-state index contributed by atoms with van der Waals surface area (Å²) in [5, 5.41) is 2.47. The molecule has 0 saturated carbocycles. The van der Waals surface area contributed by atoms with E-state index in [0.29, 0.717) is 24.5 Å². The first kappa shape index (κ1) is 16.3. The van der Waals surface area contributed by atoms with Crippen molar-refractivity contribution in [3.05, 3.63) is 57.5 Å². The van der Waals surface area contributed by atoms with Gasteiger partial charge in [0.05, 0.1) is 6.20 Å². The summed E-state index contributed by atoms with van der Waals surface area (Å²) < 4.78 is 23.5. The number of halogens is 1. The first-order chi connectivity index (χ1) is 11.5. The van der Waals surface area contributed by atoms with Crippen LogP contribution in [0.5, 0.6) is 0 Å². The number of ether oxygens (including phenoxy) is 1. The van der Waals surface area contributed by atoms with Crippen LogP contribution in [0.3, 0.4) is 0 Å². The van der Waals surface area contributed by atoms with E-state index in [-0.39, 0.29) is 17.3 Å². The summed E-state index contributed by atoms with van der Waals surface area (Å²) in [4.78, 5) is 28.3. The number of carbonyl (C=O) groups excluding carboxylic acids is 1. The Hall–Kier alpha value is -2.54. The molecule has 0 bridgehead atoms. The normalized spacial score (nSPS) is 15.2. The molecule has 0 atom stereocenters. The van der Waals surface area contributed by atoms with Gasteiger partial charge in [0.25, 0.3) is 5.91 Å². The maximum absolute atomic E-state index is 12.8. The molecule has 1 amide bonds. The fourth-order valence-electron chi connectivity index (χ4n) is 2.72. The highest BCUT2D eigenvalue weighted by Crippen LogP contribution is 2.27. The van der Waals surface area contributed by atoms with E-state index in [1.54, 1.807) is 13.0 Å². The number of rotatable bonds is 3. The summed E-state index contributed by atoms with van der Waals surface area (Å²) in [6, 6.07) is 4.22. The van der Waals surface area contributed by atoms with Crippen LogP contribution >= 0.6 is 0 Å². The molecule has 126 valence electrons. The molecule has 0 radical (unpaired) electrons. The lowest BCUT2D eigenvalue weighted by Gasteiger charge is -2.21. The molecular formula is C17H17FN2O4. The second-order valence-corrected chi connectivity index (χ2v) is 5.70. The number of aryl methyl sites for hydroxylation is 1. The lowest BCUT2D eigenvalue weighted by molar-refractivity contribution is 0.0796. The van der Waals surface area contributed by atoms with Crippen LogP contribution in [0.1, 0.15) is 40.4 Å². The van der Waals surface area contributed by atoms with Crippen molar-refractivity contribution < 1.29 is 18.3 Å². The molecule has 1 saturated heterocycles. The van der Waals surface area contributed by atoms with E-state index in [0.717, 1.165) is 19.0 Å². The Kier molecular flexibility index (Phi) is 4.71. The summed E-state index contributed by atoms with van der Waals surface area (Å²) in [6.45, 7) is 2.95. The summed E-state index contributed by atoms with van der Waals surface area (Å²) in [5.74, 6) is -0.268. The van der Waals surface area contributed by atoms with Crippen LogP contribution in [0.25, 0.3) is 0 Å². The summed E-state index contributed by atoms with van der Waals surface area (Å²) in [6.07, 6.45) is 2.56. The number of carbonyl (C=O) groups is 1. The van der Waals surface area contributed by atoms with Gasteiger partial charge in [-0.15, -0.1) is 0 Å². The number of anilines is 1. The van der Waals surface area contributed by atoms with Crippen molar-refractivity contribution >= 4 is 11.7 Å². The number of aromatic nitrogens is 1. The molecule has 24 heavy (non-hydrogen) atoms. The van der Waals surface area contributed by atoms with Crippen molar-refractivity contribution in [1.29, 1.82) is 0 Å². The van der Waals surface area contributed by atoms with Gasteiger partial charge in [0.15, 0.2) is 0 Å². The zero-order valence-electron chi connectivity index (χ0n) is 13.2. The van der Waals surface area contributed by atoms with Crippen LogP contribution in [0.2, 0.25) is 0 Å². The minimum Gasteiger partial charge on any atom is -0.427 e. The molecule has 1 fully saturated rings. The Bertz CT molecular complexity index is 795. The third kappa shape index (κ3) is 3.51. The molecule has 0 unspecified atom stereocenters. The van der Waals surface area contributed by atoms with Gasteiger partial charge in [0, 0.05) is 19.1 Å². The van der Waals surface area contributed by atoms with Gasteiger partial charge in [-0.25, -0.2) is 14.2 Å². The van der Waals surface area contributed by atoms with E-state index in [2.05, 4.69) is 10.3 Å². The standard InChI is InChI=1S/C17H17FN2O4/c1-10-8-13(11-4-6-23-7-5-11)24-17(22)15(10)16(21)20-14-3-2-12(18)9-19-14/h2-3,8-9,11H,4-7H2,1H3,(H,19,20,21). The molecule has 1 aliphatic heterocycles. The first-order valence-electron chi connectivity index (χ1n) is 7.70. The summed E-state index contributed by atoms with van der Waals surface area (Å²) in [7, 11) is 0. The van der Waals surface area contributed by atoms with E-state index in [9.17, 15) is 14.0 Å². The van der Waals surface area contributed by atoms with Gasteiger partial charge in [-0.3, -0.25) is 4.79 Å². The smallest absolute Gasteiger partial charge is 0.349 e. The minimum absolute atomic E-state index is 0.0723. The number of nitrogens with zero attached hydrogens (tertiary/aromatic N) is 1. The van der Waals surface area contributed by atoms with Crippen LogP contribution in [0.4, 0.5) is 10.2 Å². The third-order valence-electron chi connectivity index (χ3n) is 3.99.